The van der Waals surface area contributed by atoms with E-state index in [0.717, 1.165) is 37.0 Å². The van der Waals surface area contributed by atoms with Crippen LogP contribution in [0.5, 0.6) is 5.75 Å². The van der Waals surface area contributed by atoms with E-state index in [1.807, 2.05) is 24.3 Å². The van der Waals surface area contributed by atoms with Crippen LogP contribution >= 0.6 is 0 Å². The molecule has 0 radical (unpaired) electrons. The minimum Gasteiger partial charge on any atom is -0.497 e. The molecule has 1 aromatic carbocycles. The first-order valence-corrected chi connectivity index (χ1v) is 8.21. The number of nitrogens with one attached hydrogen (secondary N) is 1. The summed E-state index contributed by atoms with van der Waals surface area (Å²) in [6, 6.07) is 10.4. The number of carbonyl (C=O) groups excluding carboxylic acids is 1. The van der Waals surface area contributed by atoms with Gasteiger partial charge in [0.1, 0.15) is 10.7 Å². The van der Waals surface area contributed by atoms with E-state index in [2.05, 4.69) is 5.32 Å². The van der Waals surface area contributed by atoms with E-state index >= 15 is 0 Å². The zero-order valence-corrected chi connectivity index (χ0v) is 14.0. The Morgan fingerprint density at radius 3 is 2.48 bits per heavy atom. The molecule has 1 aliphatic rings. The van der Waals surface area contributed by atoms with Gasteiger partial charge in [0.05, 0.1) is 13.2 Å². The van der Waals surface area contributed by atoms with Crippen molar-refractivity contribution in [2.75, 3.05) is 13.7 Å². The first kappa shape index (κ1) is 17.0. The van der Waals surface area contributed by atoms with Crippen molar-refractivity contribution in [2.45, 2.75) is 31.1 Å². The number of furan rings is 1. The summed E-state index contributed by atoms with van der Waals surface area (Å²) in [6.45, 7) is 0.465. The highest BCUT2D eigenvalue weighted by molar-refractivity contribution is 5.91. The van der Waals surface area contributed by atoms with E-state index < -0.39 is 16.7 Å². The highest BCUT2D eigenvalue weighted by Crippen LogP contribution is 2.41. The molecule has 1 heterocycles. The normalized spacial score (nSPS) is 15.7. The summed E-state index contributed by atoms with van der Waals surface area (Å²) >= 11 is 0. The van der Waals surface area contributed by atoms with Crippen LogP contribution in [0.25, 0.3) is 0 Å². The van der Waals surface area contributed by atoms with Crippen molar-refractivity contribution in [3.05, 3.63) is 57.8 Å². The zero-order chi connectivity index (χ0) is 17.9. The molecule has 0 spiro atoms. The average molecular weight is 344 g/mol. The van der Waals surface area contributed by atoms with Crippen LogP contribution in [0.2, 0.25) is 0 Å². The number of carbonyl (C=O) groups is 1. The summed E-state index contributed by atoms with van der Waals surface area (Å²) in [7, 11) is 1.63. The molecule has 1 saturated carbocycles. The molecule has 0 saturated heterocycles. The van der Waals surface area contributed by atoms with Gasteiger partial charge in [-0.2, -0.15) is 0 Å². The molecule has 1 fully saturated rings. The molecule has 1 aliphatic carbocycles. The lowest BCUT2D eigenvalue weighted by Gasteiger charge is -2.30. The Morgan fingerprint density at radius 1 is 1.24 bits per heavy atom. The minimum absolute atomic E-state index is 0.0467. The molecule has 0 bridgehead atoms. The van der Waals surface area contributed by atoms with Crippen LogP contribution in [-0.2, 0) is 5.41 Å². The van der Waals surface area contributed by atoms with Crippen LogP contribution in [0.4, 0.5) is 5.88 Å². The molecule has 3 rings (SSSR count). The van der Waals surface area contributed by atoms with Gasteiger partial charge in [-0.15, -0.1) is 0 Å². The van der Waals surface area contributed by atoms with E-state index in [1.54, 1.807) is 7.11 Å². The number of nitrogens with zero attached hydrogens (tertiary/aromatic N) is 1. The van der Waals surface area contributed by atoms with Crippen molar-refractivity contribution >= 4 is 11.8 Å². The molecule has 25 heavy (non-hydrogen) atoms. The topological polar surface area (TPSA) is 94.6 Å². The average Bonchev–Trinajstić information content (AvgIpc) is 3.30. The van der Waals surface area contributed by atoms with E-state index in [4.69, 9.17) is 9.15 Å². The van der Waals surface area contributed by atoms with Crippen molar-refractivity contribution in [2.24, 2.45) is 0 Å². The second-order valence-electron chi connectivity index (χ2n) is 6.29. The molecule has 0 atom stereocenters. The molecule has 0 aliphatic heterocycles. The molecule has 2 aromatic rings. The Kier molecular flexibility index (Phi) is 4.74. The molecule has 1 amide bonds. The lowest BCUT2D eigenvalue weighted by molar-refractivity contribution is -0.402. The molecule has 7 nitrogen and oxygen atoms in total. The summed E-state index contributed by atoms with van der Waals surface area (Å²) in [5.41, 5.74) is 1.04. The lowest BCUT2D eigenvalue weighted by Crippen LogP contribution is -2.38. The fourth-order valence-corrected chi connectivity index (χ4v) is 3.45. The van der Waals surface area contributed by atoms with E-state index in [1.165, 1.54) is 12.1 Å². The first-order valence-electron chi connectivity index (χ1n) is 8.21. The largest absolute Gasteiger partial charge is 0.497 e. The molecular formula is C18H20N2O5. The number of hydrogen-bond donors (Lipinski definition) is 1. The van der Waals surface area contributed by atoms with Crippen molar-refractivity contribution in [1.29, 1.82) is 0 Å². The second kappa shape index (κ2) is 6.96. The minimum atomic E-state index is -0.660. The molecule has 0 unspecified atom stereocenters. The highest BCUT2D eigenvalue weighted by Gasteiger charge is 2.36. The van der Waals surface area contributed by atoms with Crippen molar-refractivity contribution in [1.82, 2.24) is 5.32 Å². The van der Waals surface area contributed by atoms with Gasteiger partial charge in [-0.1, -0.05) is 25.0 Å². The number of methoxy groups -OCH3 is 1. The monoisotopic (exact) mass is 344 g/mol. The summed E-state index contributed by atoms with van der Waals surface area (Å²) in [5.74, 6) is -0.123. The molecule has 1 aromatic heterocycles. The Morgan fingerprint density at radius 2 is 1.92 bits per heavy atom. The molecule has 132 valence electrons. The van der Waals surface area contributed by atoms with Gasteiger partial charge in [0.25, 0.3) is 5.91 Å². The van der Waals surface area contributed by atoms with E-state index in [0.29, 0.717) is 6.54 Å². The number of rotatable bonds is 6. The van der Waals surface area contributed by atoms with Gasteiger partial charge >= 0.3 is 5.88 Å². The number of amides is 1. The van der Waals surface area contributed by atoms with Crippen molar-refractivity contribution in [3.63, 3.8) is 0 Å². The van der Waals surface area contributed by atoms with E-state index in [-0.39, 0.29) is 11.2 Å². The SMILES string of the molecule is COc1ccc(C2(CNC(=O)c3ccc([N+](=O)[O-])o3)CCCC2)cc1. The predicted molar refractivity (Wildman–Crippen MR) is 90.8 cm³/mol. The summed E-state index contributed by atoms with van der Waals surface area (Å²) < 4.78 is 10.2. The van der Waals surface area contributed by atoms with Crippen LogP contribution < -0.4 is 10.1 Å². The summed E-state index contributed by atoms with van der Waals surface area (Å²) in [4.78, 5) is 22.3. The van der Waals surface area contributed by atoms with Crippen molar-refractivity contribution in [3.8, 4) is 5.75 Å². The third-order valence-electron chi connectivity index (χ3n) is 4.85. The zero-order valence-electron chi connectivity index (χ0n) is 14.0. The number of benzene rings is 1. The van der Waals surface area contributed by atoms with E-state index in [9.17, 15) is 14.9 Å². The van der Waals surface area contributed by atoms with Gasteiger partial charge in [-0.05, 0) is 36.6 Å². The van der Waals surface area contributed by atoms with Gasteiger partial charge < -0.3 is 14.5 Å². The molecule has 7 heteroatoms. The third kappa shape index (κ3) is 3.50. The fraction of sp³-hybridized carbons (Fsp3) is 0.389. The summed E-state index contributed by atoms with van der Waals surface area (Å²) in [5, 5.41) is 13.5. The van der Waals surface area contributed by atoms with Crippen LogP contribution in [0, 0.1) is 10.1 Å². The Bertz CT molecular complexity index is 760. The predicted octanol–water partition coefficient (Wildman–Crippen LogP) is 3.44. The Balaban J connectivity index is 1.73. The van der Waals surface area contributed by atoms with Crippen molar-refractivity contribution < 1.29 is 18.9 Å². The maximum Gasteiger partial charge on any atom is 0.433 e. The van der Waals surface area contributed by atoms with Crippen LogP contribution in [0.3, 0.4) is 0 Å². The second-order valence-corrected chi connectivity index (χ2v) is 6.29. The maximum absolute atomic E-state index is 12.3. The standard InChI is InChI=1S/C18H20N2O5/c1-24-14-6-4-13(5-7-14)18(10-2-3-11-18)12-19-17(21)15-8-9-16(25-15)20(22)23/h4-9H,2-3,10-12H2,1H3,(H,19,21). The number of nitro groups is 1. The third-order valence-corrected chi connectivity index (χ3v) is 4.85. The molecule has 1 N–H and O–H groups in total. The number of hydrogen-bond acceptors (Lipinski definition) is 5. The highest BCUT2D eigenvalue weighted by atomic mass is 16.6. The molecular weight excluding hydrogens is 324 g/mol. The Hall–Kier alpha value is -2.83. The van der Waals surface area contributed by atoms with Gasteiger partial charge in [0.15, 0.2) is 5.76 Å². The first-order chi connectivity index (χ1) is 12.0. The maximum atomic E-state index is 12.3. The Labute approximate surface area is 145 Å². The van der Waals surface area contributed by atoms with Crippen LogP contribution in [-0.4, -0.2) is 24.5 Å². The van der Waals surface area contributed by atoms with Crippen LogP contribution in [0.15, 0.2) is 40.8 Å². The quantitative estimate of drug-likeness (QED) is 0.640. The number of ether oxygens (including phenoxy) is 1. The smallest absolute Gasteiger partial charge is 0.433 e. The van der Waals surface area contributed by atoms with Gasteiger partial charge in [0.2, 0.25) is 0 Å². The fourth-order valence-electron chi connectivity index (χ4n) is 3.45. The van der Waals surface area contributed by atoms with Gasteiger partial charge in [-0.25, -0.2) is 0 Å². The van der Waals surface area contributed by atoms with Gasteiger partial charge in [0, 0.05) is 12.0 Å². The summed E-state index contributed by atoms with van der Waals surface area (Å²) in [6.07, 6.45) is 4.18. The lowest BCUT2D eigenvalue weighted by atomic mass is 9.78. The van der Waals surface area contributed by atoms with Crippen LogP contribution in [0.1, 0.15) is 41.8 Å². The van der Waals surface area contributed by atoms with Gasteiger partial charge in [-0.3, -0.25) is 14.9 Å².